The van der Waals surface area contributed by atoms with E-state index in [0.29, 0.717) is 23.3 Å². The van der Waals surface area contributed by atoms with Gasteiger partial charge in [-0.25, -0.2) is 4.79 Å². The summed E-state index contributed by atoms with van der Waals surface area (Å²) < 4.78 is 11.0. The number of nitrogens with one attached hydrogen (secondary N) is 1. The largest absolute Gasteiger partial charge is 0.468 e. The van der Waals surface area contributed by atoms with Gasteiger partial charge in [0.15, 0.2) is 5.78 Å². The van der Waals surface area contributed by atoms with Gasteiger partial charge in [0.05, 0.1) is 12.7 Å². The summed E-state index contributed by atoms with van der Waals surface area (Å²) in [6, 6.07) is 7.88. The maximum absolute atomic E-state index is 13.8. The van der Waals surface area contributed by atoms with E-state index in [4.69, 9.17) is 9.47 Å². The summed E-state index contributed by atoms with van der Waals surface area (Å²) in [4.78, 5) is 39.9. The summed E-state index contributed by atoms with van der Waals surface area (Å²) >= 11 is 0. The first kappa shape index (κ1) is 24.2. The molecule has 3 atom stereocenters. The summed E-state index contributed by atoms with van der Waals surface area (Å²) in [6.45, 7) is 5.76. The molecule has 1 aromatic carbocycles. The number of dihydropyridines is 1. The van der Waals surface area contributed by atoms with Gasteiger partial charge in [-0.05, 0) is 57.4 Å². The van der Waals surface area contributed by atoms with Gasteiger partial charge in [0.2, 0.25) is 0 Å². The number of hydrogen-bond donors (Lipinski definition) is 1. The third-order valence-corrected chi connectivity index (χ3v) is 7.45. The van der Waals surface area contributed by atoms with E-state index in [1.165, 1.54) is 20.0 Å². The number of Topliss-reactive ketones (excluding diaryl/α,β-unsaturated/α-hetero) is 1. The highest BCUT2D eigenvalue weighted by Crippen LogP contribution is 2.45. The topological polar surface area (TPSA) is 81.7 Å². The van der Waals surface area contributed by atoms with Crippen LogP contribution in [0.2, 0.25) is 0 Å². The van der Waals surface area contributed by atoms with E-state index >= 15 is 0 Å². The van der Waals surface area contributed by atoms with Crippen LogP contribution in [0.1, 0.15) is 75.8 Å². The Labute approximate surface area is 201 Å². The summed E-state index contributed by atoms with van der Waals surface area (Å²) in [6.07, 6.45) is 6.62. The van der Waals surface area contributed by atoms with Crippen molar-refractivity contribution in [3.63, 3.8) is 0 Å². The average molecular weight is 466 g/mol. The second-order valence-electron chi connectivity index (χ2n) is 9.96. The van der Waals surface area contributed by atoms with Gasteiger partial charge in [-0.3, -0.25) is 9.59 Å². The van der Waals surface area contributed by atoms with Gasteiger partial charge < -0.3 is 14.8 Å². The summed E-state index contributed by atoms with van der Waals surface area (Å²) in [7, 11) is 1.31. The second kappa shape index (κ2) is 10.2. The van der Waals surface area contributed by atoms with E-state index in [0.717, 1.165) is 42.5 Å². The fourth-order valence-corrected chi connectivity index (χ4v) is 5.62. The Morgan fingerprint density at radius 1 is 1.00 bits per heavy atom. The van der Waals surface area contributed by atoms with Gasteiger partial charge in [-0.15, -0.1) is 0 Å². The third kappa shape index (κ3) is 4.68. The predicted molar refractivity (Wildman–Crippen MR) is 129 cm³/mol. The van der Waals surface area contributed by atoms with Gasteiger partial charge in [0.25, 0.3) is 0 Å². The maximum Gasteiger partial charge on any atom is 0.337 e. The monoisotopic (exact) mass is 465 g/mol. The van der Waals surface area contributed by atoms with Gasteiger partial charge >= 0.3 is 11.9 Å². The molecule has 0 bridgehead atoms. The molecule has 4 rings (SSSR count). The van der Waals surface area contributed by atoms with Crippen molar-refractivity contribution in [2.75, 3.05) is 7.11 Å². The lowest BCUT2D eigenvalue weighted by Crippen LogP contribution is -2.43. The molecule has 1 fully saturated rings. The number of hydrogen-bond acceptors (Lipinski definition) is 6. The summed E-state index contributed by atoms with van der Waals surface area (Å²) in [5.74, 6) is -2.84. The quantitative estimate of drug-likeness (QED) is 0.388. The highest BCUT2D eigenvalue weighted by Gasteiger charge is 2.47. The molecule has 0 spiro atoms. The molecule has 0 saturated heterocycles. The fourth-order valence-electron chi connectivity index (χ4n) is 5.62. The Morgan fingerprint density at radius 2 is 1.65 bits per heavy atom. The molecule has 2 aliphatic carbocycles. The van der Waals surface area contributed by atoms with Gasteiger partial charge in [0, 0.05) is 22.9 Å². The number of esters is 2. The van der Waals surface area contributed by atoms with Crippen LogP contribution in [-0.2, 0) is 23.9 Å². The van der Waals surface area contributed by atoms with Crippen molar-refractivity contribution in [1.29, 1.82) is 0 Å². The molecule has 1 saturated carbocycles. The molecule has 1 heterocycles. The normalized spacial score (nSPS) is 25.9. The Kier molecular flexibility index (Phi) is 7.24. The number of carbonyl (C=O) groups is 3. The van der Waals surface area contributed by atoms with Gasteiger partial charge in [0.1, 0.15) is 12.0 Å². The Morgan fingerprint density at radius 3 is 2.26 bits per heavy atom. The number of methoxy groups -OCH3 is 1. The number of benzene rings is 1. The number of aryl methyl sites for hydroxylation is 1. The molecule has 0 unspecified atom stereocenters. The molecule has 34 heavy (non-hydrogen) atoms. The van der Waals surface area contributed by atoms with Crippen LogP contribution in [-0.4, -0.2) is 30.9 Å². The zero-order chi connectivity index (χ0) is 24.4. The van der Waals surface area contributed by atoms with Crippen LogP contribution < -0.4 is 5.32 Å². The zero-order valence-corrected chi connectivity index (χ0v) is 20.6. The van der Waals surface area contributed by atoms with E-state index < -0.39 is 17.8 Å². The minimum absolute atomic E-state index is 0.103. The third-order valence-electron chi connectivity index (χ3n) is 7.45. The molecular formula is C28H35NO5. The second-order valence-corrected chi connectivity index (χ2v) is 9.96. The molecule has 6 nitrogen and oxygen atoms in total. The lowest BCUT2D eigenvalue weighted by molar-refractivity contribution is -0.151. The molecule has 0 aromatic heterocycles. The van der Waals surface area contributed by atoms with Crippen LogP contribution in [0.4, 0.5) is 0 Å². The van der Waals surface area contributed by atoms with Crippen LogP contribution in [0.25, 0.3) is 0 Å². The summed E-state index contributed by atoms with van der Waals surface area (Å²) in [5, 5.41) is 3.33. The van der Waals surface area contributed by atoms with Crippen LogP contribution >= 0.6 is 0 Å². The highest BCUT2D eigenvalue weighted by atomic mass is 16.5. The molecule has 0 amide bonds. The molecule has 3 aliphatic rings. The fraction of sp³-hybridized carbons (Fsp3) is 0.536. The highest BCUT2D eigenvalue weighted by molar-refractivity contribution is 6.12. The minimum Gasteiger partial charge on any atom is -0.468 e. The molecule has 6 heteroatoms. The van der Waals surface area contributed by atoms with E-state index in [1.54, 1.807) is 0 Å². The number of ketones is 1. The maximum atomic E-state index is 13.8. The Balaban J connectivity index is 1.76. The zero-order valence-electron chi connectivity index (χ0n) is 20.6. The number of rotatable bonds is 4. The van der Waals surface area contributed by atoms with Crippen molar-refractivity contribution >= 4 is 17.7 Å². The van der Waals surface area contributed by atoms with Crippen molar-refractivity contribution < 1.29 is 23.9 Å². The standard InChI is InChI=1S/C28H35NO5/c1-16-11-13-19(14-12-16)24-23(28(32)34-20-9-7-5-6-8-10-20)18(3)29-21-15-17(2)22(27(31)33-4)26(30)25(21)24/h11-14,17,20,22,24,29H,5-10,15H2,1-4H3/t17-,22-,24-/m0/s1. The van der Waals surface area contributed by atoms with Crippen LogP contribution in [0, 0.1) is 18.8 Å². The molecule has 0 radical (unpaired) electrons. The molecule has 1 aromatic rings. The number of allylic oxidation sites excluding steroid dienone is 3. The minimum atomic E-state index is -0.879. The SMILES string of the molecule is COC(=O)[C@@H]1C(=O)C2=C(C[C@@H]1C)NC(C)=C(C(=O)OC1CCCCCC1)[C@@H]2c1ccc(C)cc1. The summed E-state index contributed by atoms with van der Waals surface area (Å²) in [5.41, 5.74) is 4.37. The molecule has 182 valence electrons. The van der Waals surface area contributed by atoms with E-state index in [9.17, 15) is 14.4 Å². The van der Waals surface area contributed by atoms with Crippen molar-refractivity contribution in [1.82, 2.24) is 5.32 Å². The van der Waals surface area contributed by atoms with E-state index in [1.807, 2.05) is 45.0 Å². The predicted octanol–water partition coefficient (Wildman–Crippen LogP) is 4.87. The first-order valence-corrected chi connectivity index (χ1v) is 12.4. The van der Waals surface area contributed by atoms with Gasteiger partial charge in [-0.2, -0.15) is 0 Å². The lowest BCUT2D eigenvalue weighted by Gasteiger charge is -2.38. The molecule has 1 N–H and O–H groups in total. The van der Waals surface area contributed by atoms with Gasteiger partial charge in [-0.1, -0.05) is 49.6 Å². The number of carbonyl (C=O) groups excluding carboxylic acids is 3. The number of ether oxygens (including phenoxy) is 2. The Bertz CT molecular complexity index is 1030. The van der Waals surface area contributed by atoms with Crippen LogP contribution in [0.15, 0.2) is 46.8 Å². The molecular weight excluding hydrogens is 430 g/mol. The smallest absolute Gasteiger partial charge is 0.337 e. The van der Waals surface area contributed by atoms with E-state index in [2.05, 4.69) is 5.32 Å². The van der Waals surface area contributed by atoms with Crippen molar-refractivity contribution in [2.45, 2.75) is 77.7 Å². The average Bonchev–Trinajstić information content (AvgIpc) is 3.07. The first-order chi connectivity index (χ1) is 16.3. The first-order valence-electron chi connectivity index (χ1n) is 12.4. The Hall–Kier alpha value is -2.89. The lowest BCUT2D eigenvalue weighted by atomic mass is 9.69. The van der Waals surface area contributed by atoms with Crippen LogP contribution in [0.3, 0.4) is 0 Å². The van der Waals surface area contributed by atoms with Crippen molar-refractivity contribution in [3.05, 3.63) is 57.9 Å². The van der Waals surface area contributed by atoms with E-state index in [-0.39, 0.29) is 23.8 Å². The van der Waals surface area contributed by atoms with Crippen molar-refractivity contribution in [2.24, 2.45) is 11.8 Å². The van der Waals surface area contributed by atoms with Crippen molar-refractivity contribution in [3.8, 4) is 0 Å². The van der Waals surface area contributed by atoms with Crippen LogP contribution in [0.5, 0.6) is 0 Å². The molecule has 1 aliphatic heterocycles.